The molecule has 0 aliphatic carbocycles. The molecule has 2 saturated heterocycles. The third-order valence-corrected chi connectivity index (χ3v) is 6.16. The number of hydrogen-bond acceptors (Lipinski definition) is 6. The molecule has 7 nitrogen and oxygen atoms in total. The highest BCUT2D eigenvalue weighted by atomic mass is 16.7. The molecule has 1 unspecified atom stereocenters. The molecule has 0 spiro atoms. The molecule has 0 saturated carbocycles. The average molecular weight is 424 g/mol. The van der Waals surface area contributed by atoms with Crippen LogP contribution in [0, 0.1) is 0 Å². The van der Waals surface area contributed by atoms with Crippen LogP contribution in [0.3, 0.4) is 0 Å². The molecule has 3 aliphatic heterocycles. The van der Waals surface area contributed by atoms with Gasteiger partial charge in [-0.2, -0.15) is 0 Å². The Morgan fingerprint density at radius 1 is 1.00 bits per heavy atom. The fourth-order valence-electron chi connectivity index (χ4n) is 4.45. The van der Waals surface area contributed by atoms with Crippen molar-refractivity contribution in [2.75, 3.05) is 51.5 Å². The lowest BCUT2D eigenvalue weighted by molar-refractivity contribution is 0.0342. The highest BCUT2D eigenvalue weighted by Crippen LogP contribution is 2.34. The van der Waals surface area contributed by atoms with E-state index in [2.05, 4.69) is 22.3 Å². The Morgan fingerprint density at radius 3 is 2.65 bits per heavy atom. The van der Waals surface area contributed by atoms with E-state index in [1.165, 1.54) is 5.56 Å². The second-order valence-corrected chi connectivity index (χ2v) is 8.39. The van der Waals surface area contributed by atoms with E-state index in [1.807, 2.05) is 35.2 Å². The maximum atomic E-state index is 13.1. The highest BCUT2D eigenvalue weighted by molar-refractivity contribution is 5.94. The summed E-state index contributed by atoms with van der Waals surface area (Å²) in [5, 5.41) is 3.56. The summed E-state index contributed by atoms with van der Waals surface area (Å²) in [6.07, 6.45) is 2.03. The summed E-state index contributed by atoms with van der Waals surface area (Å²) in [6, 6.07) is 14.2. The second kappa shape index (κ2) is 9.16. The van der Waals surface area contributed by atoms with Crippen molar-refractivity contribution in [3.05, 3.63) is 53.6 Å². The van der Waals surface area contributed by atoms with Gasteiger partial charge in [0.1, 0.15) is 0 Å². The van der Waals surface area contributed by atoms with Crippen molar-refractivity contribution in [1.29, 1.82) is 0 Å². The van der Waals surface area contributed by atoms with Gasteiger partial charge in [0.05, 0.1) is 13.2 Å². The van der Waals surface area contributed by atoms with Gasteiger partial charge in [-0.25, -0.2) is 0 Å². The third-order valence-electron chi connectivity index (χ3n) is 6.16. The summed E-state index contributed by atoms with van der Waals surface area (Å²) in [5.74, 6) is 1.66. The average Bonchev–Trinajstić information content (AvgIpc) is 3.28. The lowest BCUT2D eigenvalue weighted by Crippen LogP contribution is -2.45. The van der Waals surface area contributed by atoms with E-state index >= 15 is 0 Å². The zero-order valence-electron chi connectivity index (χ0n) is 17.7. The van der Waals surface area contributed by atoms with Crippen molar-refractivity contribution in [2.24, 2.45) is 0 Å². The standard InChI is InChI=1S/C24H29N3O4/c28-24(19-5-3-18(4-6-19)15-26-10-12-29-13-11-26)27-9-1-2-21(16-27)25-20-7-8-22-23(14-20)31-17-30-22/h3-8,14,21,25H,1-2,9-13,15-17H2. The normalized spacial score (nSPS) is 21.2. The number of ether oxygens (including phenoxy) is 3. The Hall–Kier alpha value is -2.77. The topological polar surface area (TPSA) is 63.3 Å². The van der Waals surface area contributed by atoms with Crippen molar-refractivity contribution in [3.63, 3.8) is 0 Å². The summed E-state index contributed by atoms with van der Waals surface area (Å²) in [6.45, 7) is 6.20. The number of benzene rings is 2. The third kappa shape index (κ3) is 4.78. The van der Waals surface area contributed by atoms with Gasteiger partial charge in [-0.15, -0.1) is 0 Å². The molecule has 2 aromatic carbocycles. The van der Waals surface area contributed by atoms with Gasteiger partial charge in [0.15, 0.2) is 11.5 Å². The number of nitrogens with zero attached hydrogens (tertiary/aromatic N) is 2. The van der Waals surface area contributed by atoms with Crippen molar-refractivity contribution in [2.45, 2.75) is 25.4 Å². The number of hydrogen-bond donors (Lipinski definition) is 1. The molecule has 7 heteroatoms. The first-order valence-electron chi connectivity index (χ1n) is 11.1. The van der Waals surface area contributed by atoms with Crippen LogP contribution in [0.1, 0.15) is 28.8 Å². The van der Waals surface area contributed by atoms with Gasteiger partial charge in [0.25, 0.3) is 5.91 Å². The Kier molecular flexibility index (Phi) is 5.95. The molecule has 0 radical (unpaired) electrons. The molecule has 2 aromatic rings. The number of piperidine rings is 1. The minimum atomic E-state index is 0.107. The molecular formula is C24H29N3O4. The van der Waals surface area contributed by atoms with E-state index in [4.69, 9.17) is 14.2 Å². The summed E-state index contributed by atoms with van der Waals surface area (Å²) in [4.78, 5) is 17.4. The predicted molar refractivity (Wildman–Crippen MR) is 118 cm³/mol. The van der Waals surface area contributed by atoms with Crippen LogP contribution in [-0.4, -0.2) is 67.9 Å². The van der Waals surface area contributed by atoms with Crippen molar-refractivity contribution in [1.82, 2.24) is 9.80 Å². The first kappa shape index (κ1) is 20.2. The minimum Gasteiger partial charge on any atom is -0.454 e. The lowest BCUT2D eigenvalue weighted by Gasteiger charge is -2.34. The van der Waals surface area contributed by atoms with Gasteiger partial charge in [0, 0.05) is 56.1 Å². The molecule has 0 aromatic heterocycles. The quantitative estimate of drug-likeness (QED) is 0.798. The monoisotopic (exact) mass is 423 g/mol. The molecule has 164 valence electrons. The molecule has 1 amide bonds. The fraction of sp³-hybridized carbons (Fsp3) is 0.458. The number of nitrogens with one attached hydrogen (secondary N) is 1. The van der Waals surface area contributed by atoms with Crippen LogP contribution >= 0.6 is 0 Å². The molecule has 0 bridgehead atoms. The van der Waals surface area contributed by atoms with E-state index in [1.54, 1.807) is 0 Å². The first-order valence-corrected chi connectivity index (χ1v) is 11.1. The number of morpholine rings is 1. The Morgan fingerprint density at radius 2 is 1.81 bits per heavy atom. The maximum absolute atomic E-state index is 13.1. The number of carbonyl (C=O) groups is 1. The van der Waals surface area contributed by atoms with Crippen LogP contribution in [-0.2, 0) is 11.3 Å². The van der Waals surface area contributed by atoms with Crippen LogP contribution in [0.2, 0.25) is 0 Å². The molecule has 5 rings (SSSR count). The molecule has 3 heterocycles. The smallest absolute Gasteiger partial charge is 0.253 e. The number of fused-ring (bicyclic) bond motifs is 1. The zero-order chi connectivity index (χ0) is 21.0. The summed E-state index contributed by atoms with van der Waals surface area (Å²) >= 11 is 0. The molecule has 1 N–H and O–H groups in total. The van der Waals surface area contributed by atoms with Crippen LogP contribution in [0.4, 0.5) is 5.69 Å². The zero-order valence-corrected chi connectivity index (χ0v) is 17.7. The Labute approximate surface area is 182 Å². The SMILES string of the molecule is O=C(c1ccc(CN2CCOCC2)cc1)N1CCCC(Nc2ccc3c(c2)OCO3)C1. The summed E-state index contributed by atoms with van der Waals surface area (Å²) in [5.41, 5.74) is 2.99. The Balaban J connectivity index is 1.18. The molecular weight excluding hydrogens is 394 g/mol. The van der Waals surface area contributed by atoms with Gasteiger partial charge in [-0.05, 0) is 42.7 Å². The Bertz CT molecular complexity index is 912. The van der Waals surface area contributed by atoms with Crippen molar-refractivity contribution >= 4 is 11.6 Å². The van der Waals surface area contributed by atoms with Crippen LogP contribution in [0.5, 0.6) is 11.5 Å². The van der Waals surface area contributed by atoms with Gasteiger partial charge < -0.3 is 24.4 Å². The summed E-state index contributed by atoms with van der Waals surface area (Å²) < 4.78 is 16.3. The van der Waals surface area contributed by atoms with Crippen LogP contribution in [0.15, 0.2) is 42.5 Å². The van der Waals surface area contributed by atoms with Gasteiger partial charge >= 0.3 is 0 Å². The van der Waals surface area contributed by atoms with Gasteiger partial charge in [-0.1, -0.05) is 12.1 Å². The molecule has 1 atom stereocenters. The number of carbonyl (C=O) groups excluding carboxylic acids is 1. The lowest BCUT2D eigenvalue weighted by atomic mass is 10.0. The first-order chi connectivity index (χ1) is 15.2. The second-order valence-electron chi connectivity index (χ2n) is 8.39. The number of amides is 1. The van der Waals surface area contributed by atoms with E-state index in [9.17, 15) is 4.79 Å². The van der Waals surface area contributed by atoms with Crippen molar-refractivity contribution < 1.29 is 19.0 Å². The molecule has 3 aliphatic rings. The number of anilines is 1. The van der Waals surface area contributed by atoms with Gasteiger partial charge in [0.2, 0.25) is 6.79 Å². The van der Waals surface area contributed by atoms with Crippen molar-refractivity contribution in [3.8, 4) is 11.5 Å². The fourth-order valence-corrected chi connectivity index (χ4v) is 4.45. The van der Waals surface area contributed by atoms with Crippen LogP contribution < -0.4 is 14.8 Å². The molecule has 2 fully saturated rings. The predicted octanol–water partition coefficient (Wildman–Crippen LogP) is 2.96. The minimum absolute atomic E-state index is 0.107. The van der Waals surface area contributed by atoms with E-state index in [0.717, 1.165) is 75.0 Å². The van der Waals surface area contributed by atoms with Crippen LogP contribution in [0.25, 0.3) is 0 Å². The van der Waals surface area contributed by atoms with E-state index in [0.29, 0.717) is 6.54 Å². The molecule has 31 heavy (non-hydrogen) atoms. The highest BCUT2D eigenvalue weighted by Gasteiger charge is 2.25. The largest absolute Gasteiger partial charge is 0.454 e. The maximum Gasteiger partial charge on any atom is 0.253 e. The number of rotatable bonds is 5. The van der Waals surface area contributed by atoms with Gasteiger partial charge in [-0.3, -0.25) is 9.69 Å². The van der Waals surface area contributed by atoms with E-state index in [-0.39, 0.29) is 18.7 Å². The number of likely N-dealkylation sites (tertiary alicyclic amines) is 1. The van der Waals surface area contributed by atoms with E-state index < -0.39 is 0 Å². The summed E-state index contributed by atoms with van der Waals surface area (Å²) in [7, 11) is 0.